The van der Waals surface area contributed by atoms with Crippen molar-refractivity contribution < 1.29 is 23.3 Å². The molecule has 0 unspecified atom stereocenters. The van der Waals surface area contributed by atoms with Gasteiger partial charge < -0.3 is 20.1 Å². The first kappa shape index (κ1) is 25.2. The molecule has 192 valence electrons. The zero-order valence-corrected chi connectivity index (χ0v) is 21.1. The summed E-state index contributed by atoms with van der Waals surface area (Å²) in [5.74, 6) is -0.339. The topological polar surface area (TPSA) is 104 Å². The number of pyridine rings is 3. The Labute approximate surface area is 220 Å². The first-order chi connectivity index (χ1) is 18.4. The van der Waals surface area contributed by atoms with Crippen molar-refractivity contribution in [2.45, 2.75) is 4.90 Å². The number of nitrogens with two attached hydrogens (primary N) is 1. The molecule has 11 heteroatoms. The molecule has 0 aliphatic carbocycles. The number of methoxy groups -OCH3 is 1. The van der Waals surface area contributed by atoms with Gasteiger partial charge >= 0.3 is 0 Å². The van der Waals surface area contributed by atoms with Gasteiger partial charge in [-0.2, -0.15) is 4.89 Å². The van der Waals surface area contributed by atoms with E-state index < -0.39 is 11.6 Å². The average molecular weight is 534 g/mol. The van der Waals surface area contributed by atoms with Gasteiger partial charge in [-0.3, -0.25) is 0 Å². The third-order valence-electron chi connectivity index (χ3n) is 5.61. The molecule has 3 aromatic heterocycles. The molecule has 0 saturated heterocycles. The third kappa shape index (κ3) is 5.29. The number of nitrogens with one attached hydrogen (secondary N) is 1. The molecule has 2 aromatic carbocycles. The first-order valence-corrected chi connectivity index (χ1v) is 12.1. The van der Waals surface area contributed by atoms with E-state index in [1.165, 1.54) is 19.2 Å². The van der Waals surface area contributed by atoms with E-state index in [0.29, 0.717) is 17.4 Å². The van der Waals surface area contributed by atoms with Gasteiger partial charge in [-0.15, -0.1) is 0 Å². The summed E-state index contributed by atoms with van der Waals surface area (Å²) in [6, 6.07) is 16.4. The summed E-state index contributed by atoms with van der Waals surface area (Å²) in [5.41, 5.74) is 10.6. The summed E-state index contributed by atoms with van der Waals surface area (Å²) in [6.07, 6.45) is 3.27. The number of nitrogen functional groups attached to an aromatic ring is 1. The molecule has 5 aromatic rings. The second-order valence-corrected chi connectivity index (χ2v) is 8.87. The molecule has 0 radical (unpaired) electrons. The van der Waals surface area contributed by atoms with E-state index in [9.17, 15) is 8.78 Å². The highest BCUT2D eigenvalue weighted by atomic mass is 32.2. The standard InChI is InChI=1S/C27H21F2N5O3S/c1-35-25-12-16(7-8-31-25)20-10-17-9-15(3-5-22(17)33-26(20)30)18-11-23(27(32-14-18)37-36-2)34-38-24-6-4-19(28)13-21(24)29/h3-14,34H,1-2H3,(H2,30,33). The van der Waals surface area contributed by atoms with Crippen LogP contribution in [0.3, 0.4) is 0 Å². The zero-order valence-electron chi connectivity index (χ0n) is 20.2. The van der Waals surface area contributed by atoms with E-state index in [0.717, 1.165) is 51.2 Å². The number of fused-ring (bicyclic) bond motifs is 1. The molecule has 5 rings (SSSR count). The second kappa shape index (κ2) is 10.9. The Bertz CT molecular complexity index is 1640. The number of rotatable bonds is 8. The summed E-state index contributed by atoms with van der Waals surface area (Å²) in [5, 5.41) is 0.858. The monoisotopic (exact) mass is 533 g/mol. The maximum atomic E-state index is 14.1. The predicted octanol–water partition coefficient (Wildman–Crippen LogP) is 6.29. The van der Waals surface area contributed by atoms with Crippen LogP contribution in [-0.2, 0) is 4.89 Å². The maximum Gasteiger partial charge on any atom is 0.280 e. The van der Waals surface area contributed by atoms with Crippen LogP contribution in [0.5, 0.6) is 11.8 Å². The molecule has 3 heterocycles. The van der Waals surface area contributed by atoms with Gasteiger partial charge in [-0.05, 0) is 65.5 Å². The normalized spacial score (nSPS) is 10.9. The number of hydrogen-bond donors (Lipinski definition) is 2. The molecule has 0 fully saturated rings. The highest BCUT2D eigenvalue weighted by molar-refractivity contribution is 8.00. The molecule has 0 atom stereocenters. The van der Waals surface area contributed by atoms with Crippen LogP contribution in [0.1, 0.15) is 0 Å². The van der Waals surface area contributed by atoms with Gasteiger partial charge in [-0.25, -0.2) is 23.7 Å². The molecule has 0 amide bonds. The molecule has 38 heavy (non-hydrogen) atoms. The minimum atomic E-state index is -0.690. The fourth-order valence-electron chi connectivity index (χ4n) is 3.79. The van der Waals surface area contributed by atoms with Gasteiger partial charge in [0, 0.05) is 41.0 Å². The van der Waals surface area contributed by atoms with Crippen molar-refractivity contribution in [3.63, 3.8) is 0 Å². The number of nitrogens with zero attached hydrogens (tertiary/aromatic N) is 3. The van der Waals surface area contributed by atoms with E-state index in [1.54, 1.807) is 31.6 Å². The largest absolute Gasteiger partial charge is 0.481 e. The highest BCUT2D eigenvalue weighted by Gasteiger charge is 2.14. The van der Waals surface area contributed by atoms with E-state index in [2.05, 4.69) is 19.7 Å². The van der Waals surface area contributed by atoms with Crippen molar-refractivity contribution in [1.82, 2.24) is 15.0 Å². The summed E-state index contributed by atoms with van der Waals surface area (Å²) in [7, 11) is 2.90. The van der Waals surface area contributed by atoms with Crippen LogP contribution >= 0.6 is 11.9 Å². The van der Waals surface area contributed by atoms with Gasteiger partial charge in [0.1, 0.15) is 23.1 Å². The maximum absolute atomic E-state index is 14.1. The molecule has 0 saturated carbocycles. The van der Waals surface area contributed by atoms with Crippen LogP contribution in [-0.4, -0.2) is 29.2 Å². The Morgan fingerprint density at radius 2 is 1.76 bits per heavy atom. The van der Waals surface area contributed by atoms with Crippen molar-refractivity contribution in [3.8, 4) is 34.0 Å². The first-order valence-electron chi connectivity index (χ1n) is 11.2. The Morgan fingerprint density at radius 3 is 2.55 bits per heavy atom. The smallest absolute Gasteiger partial charge is 0.280 e. The van der Waals surface area contributed by atoms with Crippen LogP contribution < -0.4 is 20.1 Å². The van der Waals surface area contributed by atoms with Crippen LogP contribution in [0.25, 0.3) is 33.2 Å². The fraction of sp³-hybridized carbons (Fsp3) is 0.0741. The van der Waals surface area contributed by atoms with Crippen LogP contribution in [0.2, 0.25) is 0 Å². The van der Waals surface area contributed by atoms with Crippen molar-refractivity contribution in [1.29, 1.82) is 0 Å². The SMILES string of the molecule is COOc1ncc(-c2ccc3nc(N)c(-c4ccnc(OC)c4)cc3c2)cc1NSc1ccc(F)cc1F. The summed E-state index contributed by atoms with van der Waals surface area (Å²) in [6.45, 7) is 0. The number of anilines is 2. The number of hydrogen-bond acceptors (Lipinski definition) is 9. The average Bonchev–Trinajstić information content (AvgIpc) is 2.93. The number of aromatic nitrogens is 3. The highest BCUT2D eigenvalue weighted by Crippen LogP contribution is 2.35. The van der Waals surface area contributed by atoms with Crippen molar-refractivity contribution in [2.24, 2.45) is 0 Å². The van der Waals surface area contributed by atoms with E-state index >= 15 is 0 Å². The summed E-state index contributed by atoms with van der Waals surface area (Å²) in [4.78, 5) is 23.2. The van der Waals surface area contributed by atoms with Gasteiger partial charge in [0.05, 0.1) is 24.6 Å². The van der Waals surface area contributed by atoms with Gasteiger partial charge in [0.2, 0.25) is 5.88 Å². The second-order valence-electron chi connectivity index (χ2n) is 8.02. The lowest BCUT2D eigenvalue weighted by molar-refractivity contribution is -0.180. The molecule has 0 aliphatic rings. The number of ether oxygens (including phenoxy) is 1. The molecule has 3 N–H and O–H groups in total. The van der Waals surface area contributed by atoms with Crippen LogP contribution in [0, 0.1) is 11.6 Å². The predicted molar refractivity (Wildman–Crippen MR) is 143 cm³/mol. The minimum Gasteiger partial charge on any atom is -0.481 e. The van der Waals surface area contributed by atoms with Crippen molar-refractivity contribution in [2.75, 3.05) is 24.7 Å². The molecule has 0 bridgehead atoms. The Kier molecular flexibility index (Phi) is 7.20. The van der Waals surface area contributed by atoms with E-state index in [4.69, 9.17) is 20.2 Å². The molecule has 0 aliphatic heterocycles. The minimum absolute atomic E-state index is 0.149. The molecular weight excluding hydrogens is 512 g/mol. The Hall–Kier alpha value is -4.48. The van der Waals surface area contributed by atoms with Gasteiger partial charge in [0.15, 0.2) is 0 Å². The zero-order chi connectivity index (χ0) is 26.6. The molecule has 0 spiro atoms. The third-order valence-corrected chi connectivity index (χ3v) is 6.48. The van der Waals surface area contributed by atoms with Crippen molar-refractivity contribution >= 4 is 34.4 Å². The van der Waals surface area contributed by atoms with E-state index in [1.807, 2.05) is 30.3 Å². The lowest BCUT2D eigenvalue weighted by Crippen LogP contribution is -2.00. The lowest BCUT2D eigenvalue weighted by atomic mass is 10.0. The Balaban J connectivity index is 1.50. The number of benzene rings is 2. The summed E-state index contributed by atoms with van der Waals surface area (Å²) >= 11 is 0.953. The fourth-order valence-corrected chi connectivity index (χ4v) is 4.45. The number of halogens is 2. The summed E-state index contributed by atoms with van der Waals surface area (Å²) < 4.78 is 35.6. The lowest BCUT2D eigenvalue weighted by Gasteiger charge is -2.13. The molecule has 8 nitrogen and oxygen atoms in total. The quantitative estimate of drug-likeness (QED) is 0.135. The van der Waals surface area contributed by atoms with Crippen LogP contribution in [0.4, 0.5) is 20.3 Å². The van der Waals surface area contributed by atoms with Gasteiger partial charge in [-0.1, -0.05) is 6.07 Å². The van der Waals surface area contributed by atoms with Gasteiger partial charge in [0.25, 0.3) is 5.88 Å². The van der Waals surface area contributed by atoms with Crippen LogP contribution in [0.15, 0.2) is 78.0 Å². The molecular formula is C27H21F2N5O3S. The Morgan fingerprint density at radius 1 is 0.895 bits per heavy atom. The van der Waals surface area contributed by atoms with E-state index in [-0.39, 0.29) is 10.8 Å². The van der Waals surface area contributed by atoms with Crippen molar-refractivity contribution in [3.05, 3.63) is 84.7 Å².